The number of carbonyl (C=O) groups excluding carboxylic acids is 1. The minimum Gasteiger partial charge on any atom is -0.378 e. The van der Waals surface area contributed by atoms with Gasteiger partial charge in [0.05, 0.1) is 6.10 Å². The largest absolute Gasteiger partial charge is 0.378 e. The molecule has 1 N–H and O–H groups in total. The fraction of sp³-hybridized carbons (Fsp3) is 0.474. The van der Waals surface area contributed by atoms with Gasteiger partial charge in [-0.25, -0.2) is 9.97 Å². The van der Waals surface area contributed by atoms with Crippen LogP contribution in [0.2, 0.25) is 0 Å². The molecule has 3 atom stereocenters. The lowest BCUT2D eigenvalue weighted by atomic mass is 9.79. The number of carbonyl (C=O) groups is 1. The molecule has 2 aromatic heterocycles. The first-order valence-corrected chi connectivity index (χ1v) is 9.11. The van der Waals surface area contributed by atoms with Crippen LogP contribution in [0.4, 0.5) is 5.95 Å². The molecular formula is C19H23N5O2. The molecule has 4 rings (SSSR count). The lowest BCUT2D eigenvalue weighted by Crippen LogP contribution is -2.53. The first-order valence-electron chi connectivity index (χ1n) is 9.11. The molecule has 4 heterocycles. The van der Waals surface area contributed by atoms with Gasteiger partial charge in [-0.05, 0) is 30.5 Å². The minimum atomic E-state index is -0.0445. The second-order valence-corrected chi connectivity index (χ2v) is 6.83. The molecule has 0 spiro atoms. The Morgan fingerprint density at radius 2 is 2.12 bits per heavy atom. The van der Waals surface area contributed by atoms with E-state index in [1.54, 1.807) is 24.8 Å². The van der Waals surface area contributed by atoms with Gasteiger partial charge in [-0.1, -0.05) is 6.07 Å². The van der Waals surface area contributed by atoms with E-state index in [4.69, 9.17) is 4.74 Å². The Hall–Kier alpha value is -2.54. The SMILES string of the molecule is O=C(NCc1cccnc1)[C@@H]1CCO[C@@H]2CCN(c3ncccn3)C[C@@H]21. The van der Waals surface area contributed by atoms with E-state index < -0.39 is 0 Å². The van der Waals surface area contributed by atoms with Crippen LogP contribution in [-0.4, -0.2) is 46.7 Å². The number of hydrogen-bond donors (Lipinski definition) is 1. The zero-order valence-corrected chi connectivity index (χ0v) is 14.6. The summed E-state index contributed by atoms with van der Waals surface area (Å²) in [5, 5.41) is 3.07. The fourth-order valence-corrected chi connectivity index (χ4v) is 3.90. The van der Waals surface area contributed by atoms with E-state index in [1.807, 2.05) is 18.2 Å². The molecule has 0 unspecified atom stereocenters. The van der Waals surface area contributed by atoms with Crippen LogP contribution in [0, 0.1) is 11.8 Å². The van der Waals surface area contributed by atoms with Crippen LogP contribution in [0.5, 0.6) is 0 Å². The van der Waals surface area contributed by atoms with Crippen molar-refractivity contribution in [3.05, 3.63) is 48.5 Å². The van der Waals surface area contributed by atoms with Gasteiger partial charge < -0.3 is 15.0 Å². The van der Waals surface area contributed by atoms with Crippen LogP contribution in [0.1, 0.15) is 18.4 Å². The average molecular weight is 353 g/mol. The highest BCUT2D eigenvalue weighted by atomic mass is 16.5. The number of piperidine rings is 1. The molecule has 0 saturated carbocycles. The van der Waals surface area contributed by atoms with Gasteiger partial charge in [-0.15, -0.1) is 0 Å². The maximum Gasteiger partial charge on any atom is 0.225 e. The third-order valence-corrected chi connectivity index (χ3v) is 5.23. The first kappa shape index (κ1) is 16.9. The first-order chi connectivity index (χ1) is 12.8. The monoisotopic (exact) mass is 353 g/mol. The van der Waals surface area contributed by atoms with Gasteiger partial charge in [-0.2, -0.15) is 0 Å². The zero-order chi connectivity index (χ0) is 17.8. The maximum atomic E-state index is 12.8. The van der Waals surface area contributed by atoms with Gasteiger partial charge in [-0.3, -0.25) is 9.78 Å². The van der Waals surface area contributed by atoms with E-state index in [0.29, 0.717) is 13.2 Å². The standard InChI is InChI=1S/C19H23N5O2/c25-18(23-12-14-3-1-6-20-11-14)15-5-10-26-17-4-9-24(13-16(15)17)19-21-7-2-8-22-19/h1-3,6-8,11,15-17H,4-5,9-10,12-13H2,(H,23,25)/t15-,16-,17-/m1/s1. The molecule has 0 aliphatic carbocycles. The van der Waals surface area contributed by atoms with Crippen molar-refractivity contribution in [3.63, 3.8) is 0 Å². The van der Waals surface area contributed by atoms with E-state index >= 15 is 0 Å². The molecule has 136 valence electrons. The van der Waals surface area contributed by atoms with E-state index in [1.165, 1.54) is 0 Å². The number of nitrogens with one attached hydrogen (secondary N) is 1. The number of pyridine rings is 1. The summed E-state index contributed by atoms with van der Waals surface area (Å²) in [5.74, 6) is 0.946. The van der Waals surface area contributed by atoms with Crippen molar-refractivity contribution in [2.45, 2.75) is 25.5 Å². The van der Waals surface area contributed by atoms with E-state index in [2.05, 4.69) is 25.2 Å². The minimum absolute atomic E-state index is 0.0445. The number of hydrogen-bond acceptors (Lipinski definition) is 6. The molecule has 2 fully saturated rings. The van der Waals surface area contributed by atoms with Crippen molar-refractivity contribution in [1.82, 2.24) is 20.3 Å². The summed E-state index contributed by atoms with van der Waals surface area (Å²) in [6, 6.07) is 5.66. The molecule has 2 aliphatic heterocycles. The molecule has 7 nitrogen and oxygen atoms in total. The summed E-state index contributed by atoms with van der Waals surface area (Å²) < 4.78 is 5.95. The summed E-state index contributed by atoms with van der Waals surface area (Å²) in [6.45, 7) is 2.76. The molecule has 26 heavy (non-hydrogen) atoms. The third-order valence-electron chi connectivity index (χ3n) is 5.23. The van der Waals surface area contributed by atoms with Crippen LogP contribution in [0.15, 0.2) is 43.0 Å². The van der Waals surface area contributed by atoms with Gasteiger partial charge in [0.2, 0.25) is 11.9 Å². The van der Waals surface area contributed by atoms with Crippen molar-refractivity contribution in [1.29, 1.82) is 0 Å². The topological polar surface area (TPSA) is 80.2 Å². The van der Waals surface area contributed by atoms with Gasteiger partial charge in [0, 0.05) is 62.9 Å². The average Bonchev–Trinajstić information content (AvgIpc) is 2.72. The summed E-state index contributed by atoms with van der Waals surface area (Å²) in [7, 11) is 0. The zero-order valence-electron chi connectivity index (χ0n) is 14.6. The van der Waals surface area contributed by atoms with E-state index in [-0.39, 0.29) is 23.8 Å². The van der Waals surface area contributed by atoms with Gasteiger partial charge in [0.15, 0.2) is 0 Å². The van der Waals surface area contributed by atoms with Crippen molar-refractivity contribution in [3.8, 4) is 0 Å². The van der Waals surface area contributed by atoms with Crippen LogP contribution in [0.3, 0.4) is 0 Å². The van der Waals surface area contributed by atoms with Crippen LogP contribution in [0.25, 0.3) is 0 Å². The fourth-order valence-electron chi connectivity index (χ4n) is 3.90. The van der Waals surface area contributed by atoms with Crippen molar-refractivity contribution in [2.24, 2.45) is 11.8 Å². The normalized spacial score (nSPS) is 25.4. The Labute approximate surface area is 152 Å². The summed E-state index contributed by atoms with van der Waals surface area (Å²) >= 11 is 0. The number of nitrogens with zero attached hydrogens (tertiary/aromatic N) is 4. The Morgan fingerprint density at radius 1 is 1.23 bits per heavy atom. The summed E-state index contributed by atoms with van der Waals surface area (Å²) in [4.78, 5) is 27.8. The number of rotatable bonds is 4. The number of anilines is 1. The molecular weight excluding hydrogens is 330 g/mol. The molecule has 2 aliphatic rings. The smallest absolute Gasteiger partial charge is 0.225 e. The summed E-state index contributed by atoms with van der Waals surface area (Å²) in [6.07, 6.45) is 8.81. The molecule has 0 radical (unpaired) electrons. The Morgan fingerprint density at radius 3 is 2.92 bits per heavy atom. The second kappa shape index (κ2) is 7.78. The molecule has 0 bridgehead atoms. The van der Waals surface area contributed by atoms with Crippen LogP contribution >= 0.6 is 0 Å². The lowest BCUT2D eigenvalue weighted by Gasteiger charge is -2.44. The number of fused-ring (bicyclic) bond motifs is 1. The van der Waals surface area contributed by atoms with Gasteiger partial charge in [0.1, 0.15) is 0 Å². The predicted octanol–water partition coefficient (Wildman–Crippen LogP) is 1.42. The second-order valence-electron chi connectivity index (χ2n) is 6.83. The number of ether oxygens (including phenoxy) is 1. The van der Waals surface area contributed by atoms with Crippen LogP contribution < -0.4 is 10.2 Å². The molecule has 2 aromatic rings. The number of aromatic nitrogens is 3. The molecule has 1 amide bonds. The predicted molar refractivity (Wildman–Crippen MR) is 96.3 cm³/mol. The van der Waals surface area contributed by atoms with Crippen LogP contribution in [-0.2, 0) is 16.1 Å². The van der Waals surface area contributed by atoms with Crippen molar-refractivity contribution in [2.75, 3.05) is 24.6 Å². The Bertz CT molecular complexity index is 727. The Kier molecular flexibility index (Phi) is 5.06. The Balaban J connectivity index is 1.43. The highest BCUT2D eigenvalue weighted by Crippen LogP contribution is 2.34. The maximum absolute atomic E-state index is 12.8. The highest BCUT2D eigenvalue weighted by Gasteiger charge is 2.42. The van der Waals surface area contributed by atoms with Crippen molar-refractivity contribution < 1.29 is 9.53 Å². The van der Waals surface area contributed by atoms with Gasteiger partial charge >= 0.3 is 0 Å². The quantitative estimate of drug-likeness (QED) is 0.895. The lowest BCUT2D eigenvalue weighted by molar-refractivity contribution is -0.137. The summed E-state index contributed by atoms with van der Waals surface area (Å²) in [5.41, 5.74) is 1.01. The van der Waals surface area contributed by atoms with Crippen molar-refractivity contribution >= 4 is 11.9 Å². The molecule has 2 saturated heterocycles. The molecule has 0 aromatic carbocycles. The van der Waals surface area contributed by atoms with E-state index in [9.17, 15) is 4.79 Å². The van der Waals surface area contributed by atoms with Gasteiger partial charge in [0.25, 0.3) is 0 Å². The third kappa shape index (κ3) is 3.67. The molecule has 7 heteroatoms. The highest BCUT2D eigenvalue weighted by molar-refractivity contribution is 5.79. The number of amides is 1. The van der Waals surface area contributed by atoms with E-state index in [0.717, 1.165) is 37.4 Å².